The Balaban J connectivity index is 0.00000449. The number of fused-ring (bicyclic) bond motifs is 2. The molecule has 4 aromatic heterocycles. The molecule has 3 N–H and O–H groups in total. The molecule has 59 heavy (non-hydrogen) atoms. The van der Waals surface area contributed by atoms with Crippen molar-refractivity contribution in [1.29, 1.82) is 0 Å². The van der Waals surface area contributed by atoms with Crippen LogP contribution >= 0.6 is 11.3 Å². The molecule has 4 saturated carbocycles. The fraction of sp³-hybridized carbons (Fsp3) is 0.556. The number of likely N-dealkylation sites (tertiary alicyclic amines) is 1. The second-order valence-corrected chi connectivity index (χ2v) is 20.5. The maximum absolute atomic E-state index is 13.0. The fourth-order valence-corrected chi connectivity index (χ4v) is 13.9. The van der Waals surface area contributed by atoms with Crippen molar-refractivity contribution in [1.82, 2.24) is 29.9 Å². The zero-order chi connectivity index (χ0) is 40.0. The molecule has 2 atom stereocenters. The number of aromatic nitrogens is 6. The number of nitrogens with zero attached hydrogens (tertiary/aromatic N) is 7. The molecule has 0 radical (unpaired) electrons. The van der Waals surface area contributed by atoms with E-state index in [9.17, 15) is 9.90 Å². The Morgan fingerprint density at radius 3 is 2.49 bits per heavy atom. The summed E-state index contributed by atoms with van der Waals surface area (Å²) in [5, 5.41) is 29.1. The van der Waals surface area contributed by atoms with Crippen molar-refractivity contribution in [2.24, 2.45) is 16.2 Å². The van der Waals surface area contributed by atoms with Crippen LogP contribution in [0.4, 0.5) is 22.6 Å². The number of thiazole rings is 1. The Kier molecular flexibility index (Phi) is 10.3. The summed E-state index contributed by atoms with van der Waals surface area (Å²) >= 11 is 1.60. The van der Waals surface area contributed by atoms with Crippen LogP contribution < -0.4 is 39.1 Å². The minimum atomic E-state index is -1.06. The average molecular weight is 930 g/mol. The third-order valence-electron chi connectivity index (χ3n) is 14.2. The molecule has 4 bridgehead atoms. The van der Waals surface area contributed by atoms with Crippen LogP contribution in [0.2, 0.25) is 0 Å². The number of hydrogen-bond acceptors (Lipinski definition) is 10. The van der Waals surface area contributed by atoms with Crippen LogP contribution in [0.5, 0.6) is 0 Å². The van der Waals surface area contributed by atoms with Crippen molar-refractivity contribution in [3.63, 3.8) is 0 Å². The van der Waals surface area contributed by atoms with Gasteiger partial charge in [-0.2, -0.15) is 5.10 Å². The summed E-state index contributed by atoms with van der Waals surface area (Å²) in [4.78, 5) is 26.2. The smallest absolute Gasteiger partial charge is 0.355 e. The summed E-state index contributed by atoms with van der Waals surface area (Å²) in [6, 6.07) is 10.1. The van der Waals surface area contributed by atoms with Gasteiger partial charge in [0, 0.05) is 53.9 Å². The topological polar surface area (TPSA) is 136 Å². The molecule has 0 spiro atoms. The number of hydrogen-bond donors (Lipinski definition) is 3. The lowest BCUT2D eigenvalue weighted by Gasteiger charge is -2.69. The quantitative estimate of drug-likeness (QED) is 0.161. The molecule has 5 fully saturated rings. The van der Waals surface area contributed by atoms with E-state index in [0.29, 0.717) is 29.6 Å². The van der Waals surface area contributed by atoms with Gasteiger partial charge >= 0.3 is 5.97 Å². The number of carboxylic acids is 1. The number of benzene rings is 1. The number of carboxylic acid groups (broad SMARTS) is 1. The first-order chi connectivity index (χ1) is 27.8. The molecule has 12 nitrogen and oxygen atoms in total. The highest BCUT2D eigenvalue weighted by Crippen LogP contribution is 2.72. The van der Waals surface area contributed by atoms with Gasteiger partial charge in [0.15, 0.2) is 22.5 Å². The van der Waals surface area contributed by atoms with E-state index in [1.165, 1.54) is 50.8 Å². The number of pyridine rings is 1. The standard InChI is InChI=1S/C45H55N9O3S.HI/c1-28-10-12-34-35(19-28)58-41(47-34)49-38-29(2)31-9-8-16-53(39(31)51-50-38)36-13-11-32(37(48-36)40(55)56)33-20-46-54(30(33)3)27-44-22-42(4)21-43(5,23-44)25-45(24-42,26-44)57-18-17-52-14-6-7-15-52;/h10-13,19-20H,6-9,14-18,21-27H2,1-5H3,(H,55,56)(H,47,49,50);1H. The van der Waals surface area contributed by atoms with E-state index in [4.69, 9.17) is 24.9 Å². The van der Waals surface area contributed by atoms with Crippen molar-refractivity contribution >= 4 is 50.1 Å². The largest absolute Gasteiger partial charge is 1.00 e. The van der Waals surface area contributed by atoms with Crippen LogP contribution in [-0.4, -0.2) is 79.4 Å². The Morgan fingerprint density at radius 1 is 0.949 bits per heavy atom. The van der Waals surface area contributed by atoms with Gasteiger partial charge < -0.3 is 48.9 Å². The molecule has 4 aliphatic carbocycles. The molecule has 6 aliphatic rings. The third-order valence-corrected chi connectivity index (χ3v) is 15.2. The van der Waals surface area contributed by atoms with Gasteiger partial charge in [-0.1, -0.05) is 31.3 Å². The molecule has 5 aromatic rings. The molecule has 2 unspecified atom stereocenters. The van der Waals surface area contributed by atoms with Gasteiger partial charge in [-0.3, -0.25) is 4.68 Å². The molecule has 6 heterocycles. The maximum Gasteiger partial charge on any atom is 0.355 e. The van der Waals surface area contributed by atoms with Gasteiger partial charge in [-0.05, 0) is 118 Å². The molecule has 14 heteroatoms. The highest BCUT2D eigenvalue weighted by Gasteiger charge is 2.66. The molecule has 312 valence electrons. The molecule has 2 aliphatic heterocycles. The summed E-state index contributed by atoms with van der Waals surface area (Å²) in [5.74, 6) is 0.878. The van der Waals surface area contributed by atoms with Crippen LogP contribution in [-0.2, 0) is 17.7 Å². The number of ether oxygens (including phenoxy) is 1. The first-order valence-corrected chi connectivity index (χ1v) is 22.1. The van der Waals surface area contributed by atoms with E-state index in [1.807, 2.05) is 29.3 Å². The van der Waals surface area contributed by atoms with Crippen LogP contribution in [0.15, 0.2) is 36.5 Å². The highest BCUT2D eigenvalue weighted by molar-refractivity contribution is 7.22. The summed E-state index contributed by atoms with van der Waals surface area (Å²) in [6.45, 7) is 17.2. The fourth-order valence-electron chi connectivity index (χ4n) is 13.0. The predicted molar refractivity (Wildman–Crippen MR) is 227 cm³/mol. The molecule has 11 rings (SSSR count). The van der Waals surface area contributed by atoms with Gasteiger partial charge in [-0.25, -0.2) is 14.8 Å². The Labute approximate surface area is 367 Å². The first-order valence-electron chi connectivity index (χ1n) is 21.3. The summed E-state index contributed by atoms with van der Waals surface area (Å²) < 4.78 is 10.3. The van der Waals surface area contributed by atoms with Gasteiger partial charge in [-0.15, -0.1) is 10.2 Å². The molecule has 1 saturated heterocycles. The number of halogens is 1. The molecule has 0 amide bonds. The predicted octanol–water partition coefficient (Wildman–Crippen LogP) is 4.61. The van der Waals surface area contributed by atoms with Crippen molar-refractivity contribution in [2.45, 2.75) is 111 Å². The van der Waals surface area contributed by atoms with Gasteiger partial charge in [0.25, 0.3) is 0 Å². The van der Waals surface area contributed by atoms with Crippen LogP contribution in [0.25, 0.3) is 21.3 Å². The van der Waals surface area contributed by atoms with E-state index in [1.54, 1.807) is 16.2 Å². The van der Waals surface area contributed by atoms with Gasteiger partial charge in [0.05, 0.1) is 41.7 Å². The van der Waals surface area contributed by atoms with E-state index >= 15 is 0 Å². The lowest BCUT2D eigenvalue weighted by molar-refractivity contribution is -0.888. The van der Waals surface area contributed by atoms with Crippen molar-refractivity contribution in [2.75, 3.05) is 43.0 Å². The van der Waals surface area contributed by atoms with Crippen LogP contribution in [0, 0.1) is 37.0 Å². The molecular formula is C45H56IN9O3S. The van der Waals surface area contributed by atoms with E-state index in [-0.39, 0.29) is 51.5 Å². The van der Waals surface area contributed by atoms with Crippen molar-refractivity contribution in [3.8, 4) is 11.1 Å². The van der Waals surface area contributed by atoms with E-state index < -0.39 is 5.97 Å². The molecule has 1 aromatic carbocycles. The number of rotatable bonds is 11. The molecular weight excluding hydrogens is 874 g/mol. The summed E-state index contributed by atoms with van der Waals surface area (Å²) in [7, 11) is 0. The average Bonchev–Trinajstić information content (AvgIpc) is 3.91. The number of carbonyl (C=O) groups is 1. The summed E-state index contributed by atoms with van der Waals surface area (Å²) in [5.41, 5.74) is 7.16. The lowest BCUT2D eigenvalue weighted by Crippen LogP contribution is -3.10. The third kappa shape index (κ3) is 7.43. The second kappa shape index (κ2) is 15.0. The van der Waals surface area contributed by atoms with Crippen LogP contribution in [0.3, 0.4) is 0 Å². The first kappa shape index (κ1) is 40.7. The zero-order valence-corrected chi connectivity index (χ0v) is 37.9. The lowest BCUT2D eigenvalue weighted by atomic mass is 9.39. The minimum Gasteiger partial charge on any atom is -1.00 e. The number of aromatic carboxylic acids is 1. The maximum atomic E-state index is 13.0. The van der Waals surface area contributed by atoms with Gasteiger partial charge in [0.2, 0.25) is 0 Å². The number of aryl methyl sites for hydroxylation is 1. The Hall–Kier alpha value is -3.73. The Morgan fingerprint density at radius 2 is 1.73 bits per heavy atom. The van der Waals surface area contributed by atoms with Crippen LogP contribution in [0.1, 0.15) is 105 Å². The highest BCUT2D eigenvalue weighted by atomic mass is 127. The number of anilines is 4. The zero-order valence-electron chi connectivity index (χ0n) is 35.0. The SMILES string of the molecule is Cc1ccc2nc(Nc3nnc4c(c3C)CCCN4c3ccc(-c4cnn(CC56CC7(C)CC(C)(C5)CC(OCC[NH+]5CCCC5)(C7)C6)c4C)c(C(=O)O)n3)sc2c1.[I-]. The number of quaternary nitrogens is 1. The van der Waals surface area contributed by atoms with Gasteiger partial charge in [0.1, 0.15) is 12.4 Å². The second-order valence-electron chi connectivity index (χ2n) is 19.4. The monoisotopic (exact) mass is 929 g/mol. The Bertz CT molecular complexity index is 2420. The normalized spacial score (nSPS) is 27.3. The van der Waals surface area contributed by atoms with E-state index in [0.717, 1.165) is 89.5 Å². The minimum absolute atomic E-state index is 0. The van der Waals surface area contributed by atoms with E-state index in [2.05, 4.69) is 61.8 Å². The van der Waals surface area contributed by atoms with Crippen molar-refractivity contribution in [3.05, 3.63) is 64.6 Å². The summed E-state index contributed by atoms with van der Waals surface area (Å²) in [6.07, 6.45) is 13.3. The van der Waals surface area contributed by atoms with Crippen molar-refractivity contribution < 1.29 is 43.5 Å². The number of nitrogens with one attached hydrogen (secondary N) is 2.